The Morgan fingerprint density at radius 1 is 1.38 bits per heavy atom. The van der Waals surface area contributed by atoms with Crippen molar-refractivity contribution in [3.05, 3.63) is 11.6 Å². The Kier molecular flexibility index (Phi) is 2.94. The quantitative estimate of drug-likeness (QED) is 0.667. The molecule has 0 spiro atoms. The maximum atomic E-state index is 10.2. The fourth-order valence-corrected chi connectivity index (χ4v) is 3.64. The summed E-state index contributed by atoms with van der Waals surface area (Å²) in [7, 11) is 0. The molecule has 92 valence electrons. The molecule has 0 saturated heterocycles. The SMILES string of the molecule is C[C@@H]1CCC=C2CC[C@@H](C(C)(C)O)C[C@]21C. The summed E-state index contributed by atoms with van der Waals surface area (Å²) < 4.78 is 0. The zero-order valence-electron chi connectivity index (χ0n) is 11.2. The summed E-state index contributed by atoms with van der Waals surface area (Å²) in [4.78, 5) is 0. The predicted molar refractivity (Wildman–Crippen MR) is 68.2 cm³/mol. The summed E-state index contributed by atoms with van der Waals surface area (Å²) in [6.07, 6.45) is 8.59. The minimum Gasteiger partial charge on any atom is -0.390 e. The molecule has 1 saturated carbocycles. The van der Waals surface area contributed by atoms with Crippen LogP contribution >= 0.6 is 0 Å². The molecular weight excluding hydrogens is 196 g/mol. The second kappa shape index (κ2) is 3.87. The first-order chi connectivity index (χ1) is 7.34. The normalized spacial score (nSPS) is 40.2. The Balaban J connectivity index is 2.23. The Bertz CT molecular complexity index is 297. The van der Waals surface area contributed by atoms with Crippen molar-refractivity contribution in [2.75, 3.05) is 0 Å². The molecule has 2 aliphatic rings. The van der Waals surface area contributed by atoms with Gasteiger partial charge in [-0.1, -0.05) is 25.5 Å². The van der Waals surface area contributed by atoms with Gasteiger partial charge in [-0.2, -0.15) is 0 Å². The third-order valence-corrected chi connectivity index (χ3v) is 5.24. The van der Waals surface area contributed by atoms with Crippen LogP contribution in [0.15, 0.2) is 11.6 Å². The molecule has 0 bridgehead atoms. The highest BCUT2D eigenvalue weighted by Crippen LogP contribution is 2.53. The van der Waals surface area contributed by atoms with Crippen molar-refractivity contribution in [1.82, 2.24) is 0 Å². The van der Waals surface area contributed by atoms with Crippen molar-refractivity contribution in [3.63, 3.8) is 0 Å². The van der Waals surface area contributed by atoms with Crippen molar-refractivity contribution in [1.29, 1.82) is 0 Å². The highest BCUT2D eigenvalue weighted by molar-refractivity contribution is 5.21. The molecule has 1 fully saturated rings. The average molecular weight is 222 g/mol. The van der Waals surface area contributed by atoms with Crippen molar-refractivity contribution < 1.29 is 5.11 Å². The lowest BCUT2D eigenvalue weighted by molar-refractivity contribution is -0.0245. The summed E-state index contributed by atoms with van der Waals surface area (Å²) >= 11 is 0. The maximum Gasteiger partial charge on any atom is 0.0620 e. The second-order valence-corrected chi connectivity index (χ2v) is 6.72. The van der Waals surface area contributed by atoms with Crippen molar-refractivity contribution in [2.24, 2.45) is 17.3 Å². The Morgan fingerprint density at radius 3 is 2.69 bits per heavy atom. The van der Waals surface area contributed by atoms with Gasteiger partial charge >= 0.3 is 0 Å². The molecule has 0 heterocycles. The summed E-state index contributed by atoms with van der Waals surface area (Å²) in [5.74, 6) is 1.24. The van der Waals surface area contributed by atoms with E-state index < -0.39 is 5.60 Å². The van der Waals surface area contributed by atoms with Crippen LogP contribution in [0.5, 0.6) is 0 Å². The minimum absolute atomic E-state index is 0.362. The van der Waals surface area contributed by atoms with Gasteiger partial charge in [-0.25, -0.2) is 0 Å². The van der Waals surface area contributed by atoms with Crippen LogP contribution in [0.4, 0.5) is 0 Å². The van der Waals surface area contributed by atoms with Gasteiger partial charge in [0.2, 0.25) is 0 Å². The Labute approximate surface area is 99.9 Å². The lowest BCUT2D eigenvalue weighted by Gasteiger charge is -2.49. The topological polar surface area (TPSA) is 20.2 Å². The summed E-state index contributed by atoms with van der Waals surface area (Å²) in [6.45, 7) is 8.76. The van der Waals surface area contributed by atoms with E-state index in [-0.39, 0.29) is 0 Å². The molecule has 1 heteroatoms. The second-order valence-electron chi connectivity index (χ2n) is 6.72. The molecule has 3 atom stereocenters. The molecule has 1 N–H and O–H groups in total. The molecule has 0 aromatic heterocycles. The molecule has 0 amide bonds. The highest BCUT2D eigenvalue weighted by Gasteiger charge is 2.44. The van der Waals surface area contributed by atoms with Crippen LogP contribution in [-0.2, 0) is 0 Å². The molecule has 0 radical (unpaired) electrons. The van der Waals surface area contributed by atoms with E-state index in [0.29, 0.717) is 11.3 Å². The fourth-order valence-electron chi connectivity index (χ4n) is 3.64. The molecule has 16 heavy (non-hydrogen) atoms. The van der Waals surface area contributed by atoms with Crippen LogP contribution in [0.25, 0.3) is 0 Å². The van der Waals surface area contributed by atoms with Gasteiger partial charge in [-0.05, 0) is 63.2 Å². The van der Waals surface area contributed by atoms with E-state index in [1.807, 2.05) is 13.8 Å². The van der Waals surface area contributed by atoms with E-state index in [2.05, 4.69) is 19.9 Å². The summed E-state index contributed by atoms with van der Waals surface area (Å²) in [5, 5.41) is 10.2. The third kappa shape index (κ3) is 1.95. The molecule has 2 rings (SSSR count). The molecule has 0 aromatic carbocycles. The summed E-state index contributed by atoms with van der Waals surface area (Å²) in [6, 6.07) is 0. The van der Waals surface area contributed by atoms with Crippen LogP contribution in [0.1, 0.15) is 59.8 Å². The van der Waals surface area contributed by atoms with Crippen LogP contribution in [0.2, 0.25) is 0 Å². The van der Waals surface area contributed by atoms with Crippen molar-refractivity contribution in [2.45, 2.75) is 65.4 Å². The van der Waals surface area contributed by atoms with E-state index in [9.17, 15) is 5.11 Å². The average Bonchev–Trinajstić information content (AvgIpc) is 2.17. The third-order valence-electron chi connectivity index (χ3n) is 5.24. The van der Waals surface area contributed by atoms with Crippen molar-refractivity contribution >= 4 is 0 Å². The minimum atomic E-state index is -0.508. The molecule has 0 unspecified atom stereocenters. The van der Waals surface area contributed by atoms with Gasteiger partial charge in [-0.3, -0.25) is 0 Å². The zero-order chi connectivity index (χ0) is 12.0. The lowest BCUT2D eigenvalue weighted by Crippen LogP contribution is -2.43. The number of hydrogen-bond acceptors (Lipinski definition) is 1. The monoisotopic (exact) mass is 222 g/mol. The molecular formula is C15H26O. The van der Waals surface area contributed by atoms with Gasteiger partial charge in [0, 0.05) is 0 Å². The van der Waals surface area contributed by atoms with Gasteiger partial charge in [0.25, 0.3) is 0 Å². The van der Waals surface area contributed by atoms with Gasteiger partial charge < -0.3 is 5.11 Å². The number of rotatable bonds is 1. The van der Waals surface area contributed by atoms with Crippen molar-refractivity contribution in [3.8, 4) is 0 Å². The van der Waals surface area contributed by atoms with Gasteiger partial charge in [-0.15, -0.1) is 0 Å². The lowest BCUT2D eigenvalue weighted by atomic mass is 9.56. The largest absolute Gasteiger partial charge is 0.390 e. The first-order valence-corrected chi connectivity index (χ1v) is 6.76. The van der Waals surface area contributed by atoms with E-state index >= 15 is 0 Å². The number of aliphatic hydroxyl groups is 1. The molecule has 1 nitrogen and oxygen atoms in total. The number of hydrogen-bond donors (Lipinski definition) is 1. The van der Waals surface area contributed by atoms with Gasteiger partial charge in [0.15, 0.2) is 0 Å². The fraction of sp³-hybridized carbons (Fsp3) is 0.867. The van der Waals surface area contributed by atoms with E-state index in [1.54, 1.807) is 5.57 Å². The van der Waals surface area contributed by atoms with Crippen LogP contribution in [0, 0.1) is 17.3 Å². The van der Waals surface area contributed by atoms with Gasteiger partial charge in [0.05, 0.1) is 5.60 Å². The molecule has 2 aliphatic carbocycles. The van der Waals surface area contributed by atoms with E-state index in [0.717, 1.165) is 12.3 Å². The van der Waals surface area contributed by atoms with Gasteiger partial charge in [0.1, 0.15) is 0 Å². The van der Waals surface area contributed by atoms with Crippen LogP contribution in [-0.4, -0.2) is 10.7 Å². The van der Waals surface area contributed by atoms with E-state index in [4.69, 9.17) is 0 Å². The number of fused-ring (bicyclic) bond motifs is 1. The zero-order valence-corrected chi connectivity index (χ0v) is 11.2. The maximum absolute atomic E-state index is 10.2. The smallest absolute Gasteiger partial charge is 0.0620 e. The molecule has 0 aliphatic heterocycles. The Hall–Kier alpha value is -0.300. The highest BCUT2D eigenvalue weighted by atomic mass is 16.3. The van der Waals surface area contributed by atoms with E-state index in [1.165, 1.54) is 25.7 Å². The molecule has 0 aromatic rings. The predicted octanol–water partition coefficient (Wildman–Crippen LogP) is 3.92. The standard InChI is InChI=1S/C15H26O/c1-11-6-5-7-12-8-9-13(14(2,3)16)10-15(11,12)4/h7,11,13,16H,5-6,8-10H2,1-4H3/t11-,13-,15+/m1/s1. The first kappa shape index (κ1) is 12.2. The Morgan fingerprint density at radius 2 is 2.06 bits per heavy atom. The summed E-state index contributed by atoms with van der Waals surface area (Å²) in [5.41, 5.74) is 1.53. The number of allylic oxidation sites excluding steroid dienone is 2. The van der Waals surface area contributed by atoms with Crippen LogP contribution in [0.3, 0.4) is 0 Å². The van der Waals surface area contributed by atoms with Crippen LogP contribution < -0.4 is 0 Å². The first-order valence-electron chi connectivity index (χ1n) is 6.76.